The average molecular weight is 143 g/mol. The van der Waals surface area contributed by atoms with Gasteiger partial charge in [-0.05, 0) is 6.92 Å². The van der Waals surface area contributed by atoms with Crippen LogP contribution in [0.4, 0.5) is 0 Å². The maximum Gasteiger partial charge on any atom is 0.243 e. The van der Waals surface area contributed by atoms with E-state index >= 15 is 0 Å². The number of hydroxylamine groups is 2. The summed E-state index contributed by atoms with van der Waals surface area (Å²) in [4.78, 5) is 15.4. The number of carbonyl (C=O) groups is 1. The fourth-order valence-electron chi connectivity index (χ4n) is 0.533. The molecule has 0 N–H and O–H groups in total. The number of rotatable bonds is 3. The molecule has 0 spiro atoms. The Morgan fingerprint density at radius 3 is 2.60 bits per heavy atom. The highest BCUT2D eigenvalue weighted by atomic mass is 16.7. The predicted molar refractivity (Wildman–Crippen MR) is 39.2 cm³/mol. The number of hydrogen-bond donors (Lipinski definition) is 0. The molecule has 0 atom stereocenters. The van der Waals surface area contributed by atoms with Crippen molar-refractivity contribution in [3.63, 3.8) is 0 Å². The van der Waals surface area contributed by atoms with Crippen molar-refractivity contribution in [1.82, 2.24) is 5.06 Å². The van der Waals surface area contributed by atoms with Crippen LogP contribution in [0.5, 0.6) is 0 Å². The van der Waals surface area contributed by atoms with Gasteiger partial charge in [0.25, 0.3) is 0 Å². The van der Waals surface area contributed by atoms with Gasteiger partial charge in [0.05, 0.1) is 13.7 Å². The molecule has 0 aromatic heterocycles. The molecule has 0 rings (SSSR count). The van der Waals surface area contributed by atoms with Crippen molar-refractivity contribution in [3.05, 3.63) is 12.2 Å². The summed E-state index contributed by atoms with van der Waals surface area (Å²) < 4.78 is 0. The van der Waals surface area contributed by atoms with Crippen molar-refractivity contribution >= 4 is 5.91 Å². The minimum absolute atomic E-state index is 0.0828. The van der Waals surface area contributed by atoms with Gasteiger partial charge in [-0.3, -0.25) is 9.63 Å². The SMILES string of the molecule is CC=CCN(OC)C(C)=O. The largest absolute Gasteiger partial charge is 0.274 e. The molecule has 0 aliphatic heterocycles. The normalized spacial score (nSPS) is 10.3. The van der Waals surface area contributed by atoms with E-state index in [1.807, 2.05) is 19.1 Å². The topological polar surface area (TPSA) is 29.5 Å². The second kappa shape index (κ2) is 4.99. The van der Waals surface area contributed by atoms with E-state index in [9.17, 15) is 4.79 Å². The van der Waals surface area contributed by atoms with Crippen LogP contribution in [0.2, 0.25) is 0 Å². The number of allylic oxidation sites excluding steroid dienone is 1. The Balaban J connectivity index is 3.71. The maximum atomic E-state index is 10.6. The lowest BCUT2D eigenvalue weighted by Crippen LogP contribution is -2.27. The summed E-state index contributed by atoms with van der Waals surface area (Å²) >= 11 is 0. The zero-order valence-electron chi connectivity index (χ0n) is 6.63. The van der Waals surface area contributed by atoms with Gasteiger partial charge in [0.2, 0.25) is 5.91 Å². The predicted octanol–water partition coefficient (Wildman–Crippen LogP) is 0.972. The molecule has 58 valence electrons. The van der Waals surface area contributed by atoms with E-state index in [0.29, 0.717) is 6.54 Å². The van der Waals surface area contributed by atoms with Crippen molar-refractivity contribution in [2.45, 2.75) is 13.8 Å². The van der Waals surface area contributed by atoms with Gasteiger partial charge in [-0.25, -0.2) is 5.06 Å². The molecule has 0 saturated carbocycles. The van der Waals surface area contributed by atoms with Crippen LogP contribution in [-0.2, 0) is 9.63 Å². The molecule has 0 saturated heterocycles. The van der Waals surface area contributed by atoms with Crippen molar-refractivity contribution < 1.29 is 9.63 Å². The van der Waals surface area contributed by atoms with Gasteiger partial charge < -0.3 is 0 Å². The molecule has 0 aromatic rings. The number of hydrogen-bond acceptors (Lipinski definition) is 2. The van der Waals surface area contributed by atoms with Gasteiger partial charge in [0, 0.05) is 6.92 Å². The maximum absolute atomic E-state index is 10.6. The van der Waals surface area contributed by atoms with Crippen LogP contribution in [0.15, 0.2) is 12.2 Å². The highest BCUT2D eigenvalue weighted by Crippen LogP contribution is 1.88. The first-order valence-corrected chi connectivity index (χ1v) is 3.15. The van der Waals surface area contributed by atoms with Crippen LogP contribution in [-0.4, -0.2) is 24.6 Å². The van der Waals surface area contributed by atoms with E-state index in [1.54, 1.807) is 0 Å². The molecule has 10 heavy (non-hydrogen) atoms. The fraction of sp³-hybridized carbons (Fsp3) is 0.571. The average Bonchev–Trinajstić information content (AvgIpc) is 1.89. The Morgan fingerprint density at radius 2 is 2.30 bits per heavy atom. The lowest BCUT2D eigenvalue weighted by atomic mass is 10.5. The van der Waals surface area contributed by atoms with Crippen LogP contribution in [0, 0.1) is 0 Å². The highest BCUT2D eigenvalue weighted by molar-refractivity contribution is 5.72. The van der Waals surface area contributed by atoms with E-state index in [4.69, 9.17) is 4.84 Å². The zero-order valence-corrected chi connectivity index (χ0v) is 6.63. The van der Waals surface area contributed by atoms with Crippen molar-refractivity contribution in [2.75, 3.05) is 13.7 Å². The Morgan fingerprint density at radius 1 is 1.70 bits per heavy atom. The van der Waals surface area contributed by atoms with E-state index in [2.05, 4.69) is 0 Å². The molecule has 0 aromatic carbocycles. The summed E-state index contributed by atoms with van der Waals surface area (Å²) in [5.41, 5.74) is 0. The van der Waals surface area contributed by atoms with Gasteiger partial charge in [0.15, 0.2) is 0 Å². The Hall–Kier alpha value is -0.830. The Bertz CT molecular complexity index is 132. The molecular formula is C7H13NO2. The van der Waals surface area contributed by atoms with Gasteiger partial charge in [-0.15, -0.1) is 0 Å². The number of carbonyl (C=O) groups excluding carboxylic acids is 1. The van der Waals surface area contributed by atoms with Crippen molar-refractivity contribution in [2.24, 2.45) is 0 Å². The summed E-state index contributed by atoms with van der Waals surface area (Å²) in [7, 11) is 1.48. The van der Waals surface area contributed by atoms with Crippen molar-refractivity contribution in [1.29, 1.82) is 0 Å². The smallest absolute Gasteiger partial charge is 0.243 e. The fourth-order valence-corrected chi connectivity index (χ4v) is 0.533. The third kappa shape index (κ3) is 3.25. The molecule has 1 amide bonds. The van der Waals surface area contributed by atoms with Crippen LogP contribution < -0.4 is 0 Å². The molecular weight excluding hydrogens is 130 g/mol. The quantitative estimate of drug-likeness (QED) is 0.435. The van der Waals surface area contributed by atoms with Gasteiger partial charge >= 0.3 is 0 Å². The lowest BCUT2D eigenvalue weighted by molar-refractivity contribution is -0.170. The van der Waals surface area contributed by atoms with Crippen LogP contribution >= 0.6 is 0 Å². The second-order valence-electron chi connectivity index (χ2n) is 1.83. The summed E-state index contributed by atoms with van der Waals surface area (Å²) in [6.07, 6.45) is 3.72. The molecule has 0 heterocycles. The zero-order chi connectivity index (χ0) is 7.98. The molecule has 0 bridgehead atoms. The second-order valence-corrected chi connectivity index (χ2v) is 1.83. The van der Waals surface area contributed by atoms with Gasteiger partial charge in [0.1, 0.15) is 0 Å². The van der Waals surface area contributed by atoms with Gasteiger partial charge in [-0.2, -0.15) is 0 Å². The molecule has 0 fully saturated rings. The first-order valence-electron chi connectivity index (χ1n) is 3.15. The molecule has 0 aliphatic carbocycles. The monoisotopic (exact) mass is 143 g/mol. The standard InChI is InChI=1S/C7H13NO2/c1-4-5-6-8(10-3)7(2)9/h4-5H,6H2,1-3H3. The van der Waals surface area contributed by atoms with Crippen LogP contribution in [0.3, 0.4) is 0 Å². The van der Waals surface area contributed by atoms with E-state index in [-0.39, 0.29) is 5.91 Å². The molecule has 3 heteroatoms. The Labute approximate surface area is 61.2 Å². The van der Waals surface area contributed by atoms with Gasteiger partial charge in [-0.1, -0.05) is 12.2 Å². The van der Waals surface area contributed by atoms with E-state index in [0.717, 1.165) is 0 Å². The summed E-state index contributed by atoms with van der Waals surface area (Å²) in [5.74, 6) is -0.0828. The molecule has 0 radical (unpaired) electrons. The first kappa shape index (κ1) is 9.17. The van der Waals surface area contributed by atoms with E-state index in [1.165, 1.54) is 19.1 Å². The number of amides is 1. The first-order chi connectivity index (χ1) is 4.72. The molecule has 0 aliphatic rings. The van der Waals surface area contributed by atoms with Crippen LogP contribution in [0.25, 0.3) is 0 Å². The summed E-state index contributed by atoms with van der Waals surface area (Å²) in [6.45, 7) is 3.88. The minimum Gasteiger partial charge on any atom is -0.274 e. The third-order valence-electron chi connectivity index (χ3n) is 1.08. The third-order valence-corrected chi connectivity index (χ3v) is 1.08. The molecule has 0 unspecified atom stereocenters. The van der Waals surface area contributed by atoms with E-state index < -0.39 is 0 Å². The minimum atomic E-state index is -0.0828. The van der Waals surface area contributed by atoms with Crippen LogP contribution in [0.1, 0.15) is 13.8 Å². The summed E-state index contributed by atoms with van der Waals surface area (Å²) in [6, 6.07) is 0. The lowest BCUT2D eigenvalue weighted by Gasteiger charge is -2.14. The summed E-state index contributed by atoms with van der Waals surface area (Å²) in [5, 5.41) is 1.28. The van der Waals surface area contributed by atoms with Crippen molar-refractivity contribution in [3.8, 4) is 0 Å². The highest BCUT2D eigenvalue weighted by Gasteiger charge is 2.02. The number of nitrogens with zero attached hydrogens (tertiary/aromatic N) is 1. The molecule has 3 nitrogen and oxygen atoms in total. The Kier molecular flexibility index (Phi) is 4.58.